The highest BCUT2D eigenvalue weighted by Crippen LogP contribution is 2.10. The molecule has 2 N–H and O–H groups in total. The number of nitriles is 1. The summed E-state index contributed by atoms with van der Waals surface area (Å²) in [4.78, 5) is 11.9. The van der Waals surface area contributed by atoms with Crippen LogP contribution in [0.3, 0.4) is 0 Å². The van der Waals surface area contributed by atoms with E-state index in [2.05, 4.69) is 24.5 Å². The molecule has 0 heterocycles. The highest BCUT2D eigenvalue weighted by Gasteiger charge is 2.10. The zero-order chi connectivity index (χ0) is 15.7. The van der Waals surface area contributed by atoms with E-state index in [9.17, 15) is 9.18 Å². The van der Waals surface area contributed by atoms with Gasteiger partial charge in [0.05, 0.1) is 5.56 Å². The van der Waals surface area contributed by atoms with Gasteiger partial charge in [-0.15, -0.1) is 0 Å². The third-order valence-corrected chi connectivity index (χ3v) is 3.26. The zero-order valence-electron chi connectivity index (χ0n) is 12.6. The molecule has 114 valence electrons. The van der Waals surface area contributed by atoms with Crippen molar-refractivity contribution in [1.29, 1.82) is 5.26 Å². The molecule has 0 bridgehead atoms. The summed E-state index contributed by atoms with van der Waals surface area (Å²) in [6.45, 7) is 6.68. The van der Waals surface area contributed by atoms with Crippen LogP contribution in [0.4, 0.5) is 4.39 Å². The van der Waals surface area contributed by atoms with Crippen LogP contribution < -0.4 is 10.6 Å². The van der Waals surface area contributed by atoms with Gasteiger partial charge in [-0.1, -0.05) is 13.8 Å². The number of amides is 1. The number of nitrogens with one attached hydrogen (secondary N) is 2. The molecule has 1 aromatic rings. The van der Waals surface area contributed by atoms with Crippen molar-refractivity contribution in [3.63, 3.8) is 0 Å². The zero-order valence-corrected chi connectivity index (χ0v) is 12.6. The topological polar surface area (TPSA) is 64.9 Å². The van der Waals surface area contributed by atoms with Crippen LogP contribution in [0.15, 0.2) is 18.2 Å². The highest BCUT2D eigenvalue weighted by molar-refractivity contribution is 5.94. The summed E-state index contributed by atoms with van der Waals surface area (Å²) in [5, 5.41) is 14.8. The van der Waals surface area contributed by atoms with Gasteiger partial charge in [0.2, 0.25) is 0 Å². The Morgan fingerprint density at radius 2 is 2.24 bits per heavy atom. The molecule has 0 radical (unpaired) electrons. The monoisotopic (exact) mass is 291 g/mol. The lowest BCUT2D eigenvalue weighted by atomic mass is 10.1. The molecular weight excluding hydrogens is 269 g/mol. The first-order valence-corrected chi connectivity index (χ1v) is 7.27. The van der Waals surface area contributed by atoms with Crippen molar-refractivity contribution in [2.24, 2.45) is 5.92 Å². The van der Waals surface area contributed by atoms with Gasteiger partial charge in [0.25, 0.3) is 5.91 Å². The molecule has 0 saturated heterocycles. The molecule has 5 heteroatoms. The molecule has 21 heavy (non-hydrogen) atoms. The molecular formula is C16H22FN3O. The SMILES string of the molecule is CCNCCCC(C)CNC(=O)c1ccc(F)c(C#N)c1. The number of hydrogen-bond donors (Lipinski definition) is 2. The first-order chi connectivity index (χ1) is 10.1. The predicted molar refractivity (Wildman–Crippen MR) is 80.4 cm³/mol. The second kappa shape index (κ2) is 9.09. The van der Waals surface area contributed by atoms with E-state index in [1.165, 1.54) is 12.1 Å². The van der Waals surface area contributed by atoms with Gasteiger partial charge in [-0.3, -0.25) is 4.79 Å². The van der Waals surface area contributed by atoms with Gasteiger partial charge < -0.3 is 10.6 Å². The molecule has 1 amide bonds. The fourth-order valence-corrected chi connectivity index (χ4v) is 1.98. The summed E-state index contributed by atoms with van der Waals surface area (Å²) in [6, 6.07) is 5.55. The Morgan fingerprint density at radius 1 is 1.48 bits per heavy atom. The lowest BCUT2D eigenvalue weighted by molar-refractivity contribution is 0.0947. The van der Waals surface area contributed by atoms with Crippen LogP contribution in [0, 0.1) is 23.1 Å². The summed E-state index contributed by atoms with van der Waals surface area (Å²) in [5.41, 5.74) is 0.203. The average Bonchev–Trinajstić information content (AvgIpc) is 2.49. The third-order valence-electron chi connectivity index (χ3n) is 3.26. The van der Waals surface area contributed by atoms with E-state index in [1.807, 2.05) is 0 Å². The molecule has 1 unspecified atom stereocenters. The molecule has 1 rings (SSSR count). The van der Waals surface area contributed by atoms with E-state index in [0.29, 0.717) is 18.0 Å². The van der Waals surface area contributed by atoms with E-state index < -0.39 is 5.82 Å². The van der Waals surface area contributed by atoms with Gasteiger partial charge in [0.1, 0.15) is 11.9 Å². The molecule has 4 nitrogen and oxygen atoms in total. The molecule has 0 aromatic heterocycles. The van der Waals surface area contributed by atoms with Crippen LogP contribution in [0.5, 0.6) is 0 Å². The van der Waals surface area contributed by atoms with Crippen molar-refractivity contribution in [2.75, 3.05) is 19.6 Å². The molecule has 0 aliphatic heterocycles. The lowest BCUT2D eigenvalue weighted by Crippen LogP contribution is -2.28. The summed E-state index contributed by atoms with van der Waals surface area (Å²) < 4.78 is 13.2. The van der Waals surface area contributed by atoms with Crippen LogP contribution >= 0.6 is 0 Å². The van der Waals surface area contributed by atoms with Crippen LogP contribution in [0.1, 0.15) is 42.6 Å². The molecule has 0 aliphatic carbocycles. The van der Waals surface area contributed by atoms with Gasteiger partial charge in [-0.05, 0) is 50.0 Å². The molecule has 0 aliphatic rings. The molecule has 1 atom stereocenters. The van der Waals surface area contributed by atoms with Crippen molar-refractivity contribution < 1.29 is 9.18 Å². The molecule has 0 saturated carbocycles. The van der Waals surface area contributed by atoms with Crippen molar-refractivity contribution in [3.05, 3.63) is 35.1 Å². The van der Waals surface area contributed by atoms with E-state index in [4.69, 9.17) is 5.26 Å². The number of hydrogen-bond acceptors (Lipinski definition) is 3. The number of halogens is 1. The van der Waals surface area contributed by atoms with E-state index in [0.717, 1.165) is 32.0 Å². The highest BCUT2D eigenvalue weighted by atomic mass is 19.1. The third kappa shape index (κ3) is 5.92. The van der Waals surface area contributed by atoms with Crippen molar-refractivity contribution in [1.82, 2.24) is 10.6 Å². The second-order valence-electron chi connectivity index (χ2n) is 5.12. The number of rotatable bonds is 8. The maximum absolute atomic E-state index is 13.2. The van der Waals surface area contributed by atoms with Crippen molar-refractivity contribution in [2.45, 2.75) is 26.7 Å². The Morgan fingerprint density at radius 3 is 2.90 bits per heavy atom. The number of benzene rings is 1. The first-order valence-electron chi connectivity index (χ1n) is 7.27. The minimum Gasteiger partial charge on any atom is -0.352 e. The van der Waals surface area contributed by atoms with Crippen LogP contribution in [-0.2, 0) is 0 Å². The number of nitrogens with zero attached hydrogens (tertiary/aromatic N) is 1. The standard InChI is InChI=1S/C16H22FN3O/c1-3-19-8-4-5-12(2)11-20-16(21)13-6-7-15(17)14(9-13)10-18/h6-7,9,12,19H,3-5,8,11H2,1-2H3,(H,20,21). The Labute approximate surface area is 125 Å². The fourth-order valence-electron chi connectivity index (χ4n) is 1.98. The minimum atomic E-state index is -0.606. The predicted octanol–water partition coefficient (Wildman–Crippen LogP) is 2.45. The van der Waals surface area contributed by atoms with Gasteiger partial charge in [-0.25, -0.2) is 4.39 Å². The van der Waals surface area contributed by atoms with E-state index >= 15 is 0 Å². The first kappa shape index (κ1) is 17.1. The fraction of sp³-hybridized carbons (Fsp3) is 0.500. The number of carbonyl (C=O) groups is 1. The van der Waals surface area contributed by atoms with E-state index in [1.54, 1.807) is 6.07 Å². The summed E-state index contributed by atoms with van der Waals surface area (Å²) in [5.74, 6) is -0.501. The van der Waals surface area contributed by atoms with Gasteiger partial charge in [0, 0.05) is 12.1 Å². The Balaban J connectivity index is 2.41. The second-order valence-corrected chi connectivity index (χ2v) is 5.12. The largest absolute Gasteiger partial charge is 0.352 e. The summed E-state index contributed by atoms with van der Waals surface area (Å²) >= 11 is 0. The molecule has 0 spiro atoms. The average molecular weight is 291 g/mol. The maximum Gasteiger partial charge on any atom is 0.251 e. The smallest absolute Gasteiger partial charge is 0.251 e. The van der Waals surface area contributed by atoms with Gasteiger partial charge >= 0.3 is 0 Å². The minimum absolute atomic E-state index is 0.110. The van der Waals surface area contributed by atoms with Crippen LogP contribution in [-0.4, -0.2) is 25.5 Å². The van der Waals surface area contributed by atoms with Crippen molar-refractivity contribution in [3.8, 4) is 6.07 Å². The quantitative estimate of drug-likeness (QED) is 0.723. The molecule has 0 fully saturated rings. The van der Waals surface area contributed by atoms with Gasteiger partial charge in [-0.2, -0.15) is 5.26 Å². The van der Waals surface area contributed by atoms with E-state index in [-0.39, 0.29) is 11.5 Å². The summed E-state index contributed by atoms with van der Waals surface area (Å²) in [7, 11) is 0. The van der Waals surface area contributed by atoms with Crippen LogP contribution in [0.25, 0.3) is 0 Å². The Hall–Kier alpha value is -1.93. The Kier molecular flexibility index (Phi) is 7.41. The lowest BCUT2D eigenvalue weighted by Gasteiger charge is -2.13. The molecule has 1 aromatic carbocycles. The number of carbonyl (C=O) groups excluding carboxylic acids is 1. The van der Waals surface area contributed by atoms with Crippen molar-refractivity contribution >= 4 is 5.91 Å². The normalized spacial score (nSPS) is 11.7. The van der Waals surface area contributed by atoms with Crippen LogP contribution in [0.2, 0.25) is 0 Å². The van der Waals surface area contributed by atoms with Gasteiger partial charge in [0.15, 0.2) is 0 Å². The maximum atomic E-state index is 13.2. The Bertz CT molecular complexity index is 511. The summed E-state index contributed by atoms with van der Waals surface area (Å²) in [6.07, 6.45) is 2.10.